The average Bonchev–Trinajstić information content (AvgIpc) is 2.65. The molecule has 0 amide bonds. The first-order chi connectivity index (χ1) is 8.34. The monoisotopic (exact) mass is 262 g/mol. The van der Waals surface area contributed by atoms with Crippen molar-refractivity contribution in [3.05, 3.63) is 21.6 Å². The van der Waals surface area contributed by atoms with Gasteiger partial charge in [0.1, 0.15) is 0 Å². The molecular formula is C9H9F3N4O2. The maximum Gasteiger partial charge on any atom is 0.433 e. The van der Waals surface area contributed by atoms with E-state index in [9.17, 15) is 18.0 Å². The maximum absolute atomic E-state index is 12.6. The fraction of sp³-hybridized carbons (Fsp3) is 0.444. The Morgan fingerprint density at radius 3 is 2.61 bits per heavy atom. The second kappa shape index (κ2) is 4.00. The molecule has 0 radical (unpaired) electrons. The van der Waals surface area contributed by atoms with Gasteiger partial charge in [-0.05, 0) is 13.8 Å². The van der Waals surface area contributed by atoms with Crippen LogP contribution in [0.15, 0.2) is 4.79 Å². The first kappa shape index (κ1) is 12.4. The Bertz CT molecular complexity index is 644. The zero-order valence-corrected chi connectivity index (χ0v) is 9.50. The number of halogens is 3. The lowest BCUT2D eigenvalue weighted by Crippen LogP contribution is -2.24. The van der Waals surface area contributed by atoms with Crippen LogP contribution in [0.4, 0.5) is 13.2 Å². The molecule has 2 aromatic heterocycles. The molecule has 98 valence electrons. The van der Waals surface area contributed by atoms with Gasteiger partial charge < -0.3 is 4.74 Å². The van der Waals surface area contributed by atoms with Gasteiger partial charge in [0.25, 0.3) is 11.3 Å². The molecule has 0 fully saturated rings. The van der Waals surface area contributed by atoms with Gasteiger partial charge in [0, 0.05) is 5.56 Å². The molecule has 2 aromatic rings. The van der Waals surface area contributed by atoms with Crippen LogP contribution in [0.2, 0.25) is 0 Å². The SMILES string of the molecule is CCOc1nc2nc(C(F)(F)F)c(C)c(=O)n2[nH]1. The molecular weight excluding hydrogens is 253 g/mol. The molecule has 18 heavy (non-hydrogen) atoms. The van der Waals surface area contributed by atoms with Gasteiger partial charge in [-0.3, -0.25) is 4.79 Å². The predicted molar refractivity (Wildman–Crippen MR) is 54.5 cm³/mol. The van der Waals surface area contributed by atoms with Crippen molar-refractivity contribution < 1.29 is 17.9 Å². The van der Waals surface area contributed by atoms with E-state index in [2.05, 4.69) is 15.1 Å². The van der Waals surface area contributed by atoms with Crippen molar-refractivity contribution in [2.24, 2.45) is 0 Å². The summed E-state index contributed by atoms with van der Waals surface area (Å²) in [5.74, 6) is -0.374. The number of ether oxygens (including phenoxy) is 1. The molecule has 9 heteroatoms. The molecule has 0 aliphatic rings. The van der Waals surface area contributed by atoms with Gasteiger partial charge in [0.05, 0.1) is 6.61 Å². The van der Waals surface area contributed by atoms with Crippen LogP contribution < -0.4 is 10.3 Å². The van der Waals surface area contributed by atoms with Gasteiger partial charge in [0.2, 0.25) is 0 Å². The summed E-state index contributed by atoms with van der Waals surface area (Å²) < 4.78 is 43.7. The Labute approximate surface area is 98.4 Å². The molecule has 0 aromatic carbocycles. The van der Waals surface area contributed by atoms with E-state index in [4.69, 9.17) is 4.74 Å². The average molecular weight is 262 g/mol. The number of nitrogens with one attached hydrogen (secondary N) is 1. The van der Waals surface area contributed by atoms with Crippen molar-refractivity contribution in [3.8, 4) is 6.01 Å². The summed E-state index contributed by atoms with van der Waals surface area (Å²) in [4.78, 5) is 18.7. The summed E-state index contributed by atoms with van der Waals surface area (Å²) in [6, 6.07) is -0.0548. The summed E-state index contributed by atoms with van der Waals surface area (Å²) in [7, 11) is 0. The summed E-state index contributed by atoms with van der Waals surface area (Å²) in [6.45, 7) is 3.00. The van der Waals surface area contributed by atoms with Crippen molar-refractivity contribution in [2.75, 3.05) is 6.61 Å². The second-order valence-corrected chi connectivity index (χ2v) is 3.49. The number of hydrogen-bond donors (Lipinski definition) is 1. The molecule has 0 saturated carbocycles. The third-order valence-corrected chi connectivity index (χ3v) is 2.25. The summed E-state index contributed by atoms with van der Waals surface area (Å²) in [5, 5.41) is 2.43. The topological polar surface area (TPSA) is 72.3 Å². The fourth-order valence-electron chi connectivity index (χ4n) is 1.46. The third kappa shape index (κ3) is 1.91. The lowest BCUT2D eigenvalue weighted by Gasteiger charge is -2.07. The number of aromatic amines is 1. The Hall–Kier alpha value is -2.06. The standard InChI is InChI=1S/C9H9F3N4O2/c1-3-18-8-14-7-13-5(9(10,11)12)4(2)6(17)16(7)15-8/h3H2,1-2H3,(H,13,14,15). The molecule has 6 nitrogen and oxygen atoms in total. The van der Waals surface area contributed by atoms with Crippen molar-refractivity contribution >= 4 is 5.78 Å². The fourth-order valence-corrected chi connectivity index (χ4v) is 1.46. The van der Waals surface area contributed by atoms with Crippen LogP contribution in [0, 0.1) is 6.92 Å². The molecule has 0 spiro atoms. The molecule has 0 saturated heterocycles. The van der Waals surface area contributed by atoms with Crippen LogP contribution in [0.3, 0.4) is 0 Å². The van der Waals surface area contributed by atoms with Crippen LogP contribution >= 0.6 is 0 Å². The minimum absolute atomic E-state index is 0.0548. The minimum Gasteiger partial charge on any atom is -0.464 e. The van der Waals surface area contributed by atoms with Gasteiger partial charge in [0.15, 0.2) is 5.69 Å². The number of aromatic nitrogens is 4. The highest BCUT2D eigenvalue weighted by Gasteiger charge is 2.36. The van der Waals surface area contributed by atoms with E-state index in [1.165, 1.54) is 0 Å². The van der Waals surface area contributed by atoms with Crippen LogP contribution in [0.1, 0.15) is 18.2 Å². The molecule has 2 rings (SSSR count). The minimum atomic E-state index is -4.69. The van der Waals surface area contributed by atoms with Gasteiger partial charge in [-0.25, -0.2) is 10.1 Å². The van der Waals surface area contributed by atoms with Crippen LogP contribution in [0.25, 0.3) is 5.78 Å². The number of nitrogens with zero attached hydrogens (tertiary/aromatic N) is 3. The molecule has 2 heterocycles. The summed E-state index contributed by atoms with van der Waals surface area (Å²) >= 11 is 0. The van der Waals surface area contributed by atoms with E-state index >= 15 is 0 Å². The Morgan fingerprint density at radius 2 is 2.06 bits per heavy atom. The van der Waals surface area contributed by atoms with E-state index < -0.39 is 23.0 Å². The Balaban J connectivity index is 2.72. The Kier molecular flexibility index (Phi) is 2.76. The Morgan fingerprint density at radius 1 is 1.39 bits per heavy atom. The number of rotatable bonds is 2. The highest BCUT2D eigenvalue weighted by Crippen LogP contribution is 2.28. The zero-order chi connectivity index (χ0) is 13.5. The summed E-state index contributed by atoms with van der Waals surface area (Å²) in [5.41, 5.74) is -2.58. The van der Waals surface area contributed by atoms with Crippen molar-refractivity contribution in [1.82, 2.24) is 19.6 Å². The molecule has 0 aliphatic carbocycles. The van der Waals surface area contributed by atoms with Crippen molar-refractivity contribution in [2.45, 2.75) is 20.0 Å². The third-order valence-electron chi connectivity index (χ3n) is 2.25. The first-order valence-electron chi connectivity index (χ1n) is 5.04. The van der Waals surface area contributed by atoms with Gasteiger partial charge in [-0.2, -0.15) is 22.7 Å². The highest BCUT2D eigenvalue weighted by molar-refractivity contribution is 5.34. The number of fused-ring (bicyclic) bond motifs is 1. The zero-order valence-electron chi connectivity index (χ0n) is 9.50. The van der Waals surface area contributed by atoms with Gasteiger partial charge >= 0.3 is 12.2 Å². The van der Waals surface area contributed by atoms with Gasteiger partial charge in [-0.1, -0.05) is 0 Å². The largest absolute Gasteiger partial charge is 0.464 e. The van der Waals surface area contributed by atoms with E-state index in [0.29, 0.717) is 0 Å². The molecule has 0 unspecified atom stereocenters. The van der Waals surface area contributed by atoms with Crippen LogP contribution in [-0.2, 0) is 6.18 Å². The van der Waals surface area contributed by atoms with Crippen LogP contribution in [-0.4, -0.2) is 26.2 Å². The number of H-pyrrole nitrogens is 1. The van der Waals surface area contributed by atoms with Crippen LogP contribution in [0.5, 0.6) is 6.01 Å². The molecule has 1 N–H and O–H groups in total. The number of alkyl halides is 3. The van der Waals surface area contributed by atoms with Crippen molar-refractivity contribution in [1.29, 1.82) is 0 Å². The predicted octanol–water partition coefficient (Wildman–Crippen LogP) is 1.14. The second-order valence-electron chi connectivity index (χ2n) is 3.49. The van der Waals surface area contributed by atoms with E-state index in [0.717, 1.165) is 11.4 Å². The molecule has 0 aliphatic heterocycles. The number of hydrogen-bond acceptors (Lipinski definition) is 4. The lowest BCUT2D eigenvalue weighted by atomic mass is 10.2. The summed E-state index contributed by atoms with van der Waals surface area (Å²) in [6.07, 6.45) is -4.69. The van der Waals surface area contributed by atoms with E-state index in [-0.39, 0.29) is 18.4 Å². The smallest absolute Gasteiger partial charge is 0.433 e. The van der Waals surface area contributed by atoms with E-state index in [1.807, 2.05) is 0 Å². The normalized spacial score (nSPS) is 12.1. The van der Waals surface area contributed by atoms with Gasteiger partial charge in [-0.15, -0.1) is 0 Å². The highest BCUT2D eigenvalue weighted by atomic mass is 19.4. The quantitative estimate of drug-likeness (QED) is 0.881. The first-order valence-corrected chi connectivity index (χ1v) is 5.04. The lowest BCUT2D eigenvalue weighted by molar-refractivity contribution is -0.141. The molecule has 0 bridgehead atoms. The maximum atomic E-state index is 12.6. The van der Waals surface area contributed by atoms with Crippen molar-refractivity contribution in [3.63, 3.8) is 0 Å². The van der Waals surface area contributed by atoms with E-state index in [1.54, 1.807) is 6.92 Å². The molecule has 0 atom stereocenters.